The van der Waals surface area contributed by atoms with E-state index in [0.29, 0.717) is 5.89 Å². The monoisotopic (exact) mass is 309 g/mol. The molecule has 2 aromatic rings. The zero-order valence-corrected chi connectivity index (χ0v) is 10.3. The van der Waals surface area contributed by atoms with Gasteiger partial charge in [-0.1, -0.05) is 36.3 Å². The summed E-state index contributed by atoms with van der Waals surface area (Å²) in [6.07, 6.45) is 0. The Kier molecular flexibility index (Phi) is 3.07. The number of rotatable bonds is 1. The maximum atomic E-state index is 5.55. The molecule has 0 fully saturated rings. The standard InChI is InChI=1S/C12H8INO/c1-2-6-10-14-12(13)11(15-10)9-7-4-3-5-8-9/h3-5,7-8H,1H3. The Hall–Kier alpha value is -1.28. The van der Waals surface area contributed by atoms with Gasteiger partial charge in [-0.15, -0.1) is 0 Å². The number of hydrogen-bond acceptors (Lipinski definition) is 2. The van der Waals surface area contributed by atoms with Crippen LogP contribution < -0.4 is 0 Å². The normalized spacial score (nSPS) is 9.47. The highest BCUT2D eigenvalue weighted by atomic mass is 127. The summed E-state index contributed by atoms with van der Waals surface area (Å²) in [6, 6.07) is 9.90. The number of aromatic nitrogens is 1. The molecule has 0 atom stereocenters. The molecule has 0 saturated carbocycles. The Labute approximate surface area is 102 Å². The van der Waals surface area contributed by atoms with Gasteiger partial charge in [0.25, 0.3) is 5.89 Å². The molecule has 3 heteroatoms. The predicted molar refractivity (Wildman–Crippen MR) is 67.2 cm³/mol. The molecule has 0 radical (unpaired) electrons. The summed E-state index contributed by atoms with van der Waals surface area (Å²) in [5, 5.41) is 0. The molecular weight excluding hydrogens is 301 g/mol. The van der Waals surface area contributed by atoms with Crippen molar-refractivity contribution < 1.29 is 4.42 Å². The quantitative estimate of drug-likeness (QED) is 0.596. The summed E-state index contributed by atoms with van der Waals surface area (Å²) in [5.74, 6) is 6.83. The lowest BCUT2D eigenvalue weighted by Crippen LogP contribution is -1.76. The highest BCUT2D eigenvalue weighted by Gasteiger charge is 2.10. The molecule has 0 aliphatic heterocycles. The van der Waals surface area contributed by atoms with E-state index >= 15 is 0 Å². The van der Waals surface area contributed by atoms with E-state index in [1.165, 1.54) is 0 Å². The van der Waals surface area contributed by atoms with Crippen molar-refractivity contribution in [1.29, 1.82) is 0 Å². The summed E-state index contributed by atoms with van der Waals surface area (Å²) in [4.78, 5) is 4.22. The molecule has 0 aliphatic rings. The van der Waals surface area contributed by atoms with Crippen molar-refractivity contribution in [3.63, 3.8) is 0 Å². The maximum absolute atomic E-state index is 5.55. The van der Waals surface area contributed by atoms with Crippen LogP contribution in [0.2, 0.25) is 0 Å². The van der Waals surface area contributed by atoms with Gasteiger partial charge in [0.1, 0.15) is 3.70 Å². The second kappa shape index (κ2) is 4.49. The number of benzene rings is 1. The Balaban J connectivity index is 2.48. The van der Waals surface area contributed by atoms with E-state index in [9.17, 15) is 0 Å². The zero-order valence-electron chi connectivity index (χ0n) is 8.12. The van der Waals surface area contributed by atoms with E-state index in [0.717, 1.165) is 15.0 Å². The summed E-state index contributed by atoms with van der Waals surface area (Å²) >= 11 is 2.15. The van der Waals surface area contributed by atoms with Crippen LogP contribution in [0.25, 0.3) is 11.3 Å². The highest BCUT2D eigenvalue weighted by molar-refractivity contribution is 14.1. The van der Waals surface area contributed by atoms with Crippen LogP contribution in [-0.2, 0) is 0 Å². The number of hydrogen-bond donors (Lipinski definition) is 0. The molecular formula is C12H8INO. The van der Waals surface area contributed by atoms with Gasteiger partial charge in [-0.05, 0) is 35.4 Å². The maximum Gasteiger partial charge on any atom is 0.274 e. The van der Waals surface area contributed by atoms with Gasteiger partial charge in [0.2, 0.25) is 0 Å². The Morgan fingerprint density at radius 1 is 1.27 bits per heavy atom. The fraction of sp³-hybridized carbons (Fsp3) is 0.0833. The zero-order chi connectivity index (χ0) is 10.7. The van der Waals surface area contributed by atoms with E-state index in [1.807, 2.05) is 30.3 Å². The molecule has 0 aliphatic carbocycles. The number of oxazole rings is 1. The molecule has 2 rings (SSSR count). The molecule has 1 aromatic heterocycles. The molecule has 2 nitrogen and oxygen atoms in total. The first-order chi connectivity index (χ1) is 7.31. The molecule has 0 N–H and O–H groups in total. The highest BCUT2D eigenvalue weighted by Crippen LogP contribution is 2.25. The van der Waals surface area contributed by atoms with Gasteiger partial charge >= 0.3 is 0 Å². The Morgan fingerprint density at radius 2 is 2.00 bits per heavy atom. The lowest BCUT2D eigenvalue weighted by molar-refractivity contribution is 0.557. The number of halogens is 1. The Bertz CT molecular complexity index is 520. The van der Waals surface area contributed by atoms with Crippen LogP contribution in [0.15, 0.2) is 34.7 Å². The van der Waals surface area contributed by atoms with Gasteiger partial charge in [-0.3, -0.25) is 0 Å². The minimum absolute atomic E-state index is 0.473. The summed E-state index contributed by atoms with van der Waals surface area (Å²) in [5.41, 5.74) is 1.03. The summed E-state index contributed by atoms with van der Waals surface area (Å²) in [7, 11) is 0. The second-order valence-electron chi connectivity index (χ2n) is 2.88. The van der Waals surface area contributed by atoms with Crippen molar-refractivity contribution >= 4 is 22.6 Å². The molecule has 0 saturated heterocycles. The largest absolute Gasteiger partial charge is 0.429 e. The van der Waals surface area contributed by atoms with Gasteiger partial charge in [-0.2, -0.15) is 4.98 Å². The van der Waals surface area contributed by atoms with Gasteiger partial charge in [0.05, 0.1) is 0 Å². The predicted octanol–water partition coefficient (Wildman–Crippen LogP) is 3.32. The van der Waals surface area contributed by atoms with E-state index in [2.05, 4.69) is 39.4 Å². The second-order valence-corrected chi connectivity index (χ2v) is 3.90. The molecule has 1 aromatic carbocycles. The lowest BCUT2D eigenvalue weighted by Gasteiger charge is -1.94. The molecule has 1 heterocycles. The van der Waals surface area contributed by atoms with Gasteiger partial charge < -0.3 is 4.42 Å². The van der Waals surface area contributed by atoms with E-state index < -0.39 is 0 Å². The van der Waals surface area contributed by atoms with Crippen molar-refractivity contribution in [2.45, 2.75) is 6.92 Å². The third kappa shape index (κ3) is 2.21. The summed E-state index contributed by atoms with van der Waals surface area (Å²) in [6.45, 7) is 1.76. The third-order valence-corrected chi connectivity index (χ3v) is 2.58. The van der Waals surface area contributed by atoms with Crippen LogP contribution >= 0.6 is 22.6 Å². The van der Waals surface area contributed by atoms with Gasteiger partial charge in [0, 0.05) is 5.56 Å². The smallest absolute Gasteiger partial charge is 0.274 e. The Morgan fingerprint density at radius 3 is 2.67 bits per heavy atom. The molecule has 15 heavy (non-hydrogen) atoms. The first-order valence-electron chi connectivity index (χ1n) is 4.46. The minimum Gasteiger partial charge on any atom is -0.429 e. The molecule has 0 unspecified atom stereocenters. The molecule has 0 amide bonds. The van der Waals surface area contributed by atoms with Crippen LogP contribution in [0.4, 0.5) is 0 Å². The van der Waals surface area contributed by atoms with Crippen LogP contribution in [0.1, 0.15) is 12.8 Å². The fourth-order valence-electron chi connectivity index (χ4n) is 1.23. The average molecular weight is 309 g/mol. The van der Waals surface area contributed by atoms with E-state index in [1.54, 1.807) is 6.92 Å². The molecule has 0 spiro atoms. The van der Waals surface area contributed by atoms with Crippen LogP contribution in [0.5, 0.6) is 0 Å². The SMILES string of the molecule is CC#Cc1nc(I)c(-c2ccccc2)o1. The molecule has 0 bridgehead atoms. The first-order valence-corrected chi connectivity index (χ1v) is 5.53. The van der Waals surface area contributed by atoms with Crippen molar-refractivity contribution in [2.75, 3.05) is 0 Å². The van der Waals surface area contributed by atoms with Crippen molar-refractivity contribution in [3.8, 4) is 23.2 Å². The average Bonchev–Trinajstić information content (AvgIpc) is 2.61. The van der Waals surface area contributed by atoms with Crippen molar-refractivity contribution in [3.05, 3.63) is 39.9 Å². The lowest BCUT2D eigenvalue weighted by atomic mass is 10.2. The van der Waals surface area contributed by atoms with Crippen molar-refractivity contribution in [2.24, 2.45) is 0 Å². The third-order valence-electron chi connectivity index (χ3n) is 1.85. The minimum atomic E-state index is 0.473. The van der Waals surface area contributed by atoms with Crippen LogP contribution in [0.3, 0.4) is 0 Å². The topological polar surface area (TPSA) is 26.0 Å². The number of nitrogens with zero attached hydrogens (tertiary/aromatic N) is 1. The van der Waals surface area contributed by atoms with E-state index in [4.69, 9.17) is 4.42 Å². The van der Waals surface area contributed by atoms with Crippen molar-refractivity contribution in [1.82, 2.24) is 4.98 Å². The van der Waals surface area contributed by atoms with Gasteiger partial charge in [-0.25, -0.2) is 0 Å². The summed E-state index contributed by atoms with van der Waals surface area (Å²) < 4.78 is 6.39. The van der Waals surface area contributed by atoms with Crippen LogP contribution in [-0.4, -0.2) is 4.98 Å². The fourth-order valence-corrected chi connectivity index (χ4v) is 1.87. The van der Waals surface area contributed by atoms with E-state index in [-0.39, 0.29) is 0 Å². The van der Waals surface area contributed by atoms with Crippen LogP contribution in [0, 0.1) is 15.5 Å². The molecule has 74 valence electrons. The van der Waals surface area contributed by atoms with Gasteiger partial charge in [0.15, 0.2) is 5.76 Å². The first kappa shape index (κ1) is 10.2.